The number of aromatic nitrogens is 1. The Morgan fingerprint density at radius 2 is 1.72 bits per heavy atom. The quantitative estimate of drug-likeness (QED) is 0.369. The Hall–Kier alpha value is -3.97. The lowest BCUT2D eigenvalue weighted by atomic mass is 9.97. The lowest BCUT2D eigenvalue weighted by Gasteiger charge is -2.21. The zero-order chi connectivity index (χ0) is 22.7. The summed E-state index contributed by atoms with van der Waals surface area (Å²) in [6, 6.07) is 17.6. The standard InChI is InChI=1S/C25H24N4O3/c1-15(16-10-12-27-13-11-16)28-14-20-19(17-6-8-18(32-2)9-7-17)4-3-5-21(20)29-23-22(26)24(30)25(23)31/h3-13,15,28-29H,14,26H2,1-2H3. The zero-order valence-electron chi connectivity index (χ0n) is 17.9. The summed E-state index contributed by atoms with van der Waals surface area (Å²) < 4.78 is 5.28. The first kappa shape index (κ1) is 21.3. The van der Waals surface area contributed by atoms with Crippen LogP contribution < -0.4 is 32.0 Å². The molecule has 0 spiro atoms. The SMILES string of the molecule is COc1ccc(-c2cccc(Nc3c(N)c(=O)c3=O)c2CNC(C)c2ccncc2)cc1. The maximum atomic E-state index is 12.0. The second-order valence-corrected chi connectivity index (χ2v) is 7.52. The van der Waals surface area contributed by atoms with Gasteiger partial charge in [-0.05, 0) is 59.5 Å². The molecule has 0 radical (unpaired) electrons. The maximum Gasteiger partial charge on any atom is 0.253 e. The fourth-order valence-electron chi connectivity index (χ4n) is 3.63. The van der Waals surface area contributed by atoms with Crippen LogP contribution in [0.15, 0.2) is 76.6 Å². The minimum atomic E-state index is -0.648. The van der Waals surface area contributed by atoms with E-state index in [1.54, 1.807) is 19.5 Å². The number of nitrogens with one attached hydrogen (secondary N) is 2. The average Bonchev–Trinajstić information content (AvgIpc) is 2.85. The summed E-state index contributed by atoms with van der Waals surface area (Å²) in [6.45, 7) is 2.59. The van der Waals surface area contributed by atoms with Crippen molar-refractivity contribution < 1.29 is 4.74 Å². The highest BCUT2D eigenvalue weighted by Gasteiger charge is 2.20. The molecular weight excluding hydrogens is 404 g/mol. The third-order valence-electron chi connectivity index (χ3n) is 5.58. The molecule has 0 aliphatic heterocycles. The number of ether oxygens (including phenoxy) is 1. The van der Waals surface area contributed by atoms with Gasteiger partial charge in [0.2, 0.25) is 0 Å². The van der Waals surface area contributed by atoms with Gasteiger partial charge in [0.05, 0.1) is 7.11 Å². The Kier molecular flexibility index (Phi) is 6.00. The molecule has 32 heavy (non-hydrogen) atoms. The normalized spacial score (nSPS) is 11.9. The van der Waals surface area contributed by atoms with Gasteiger partial charge in [0, 0.05) is 30.7 Å². The number of nitrogen functional groups attached to an aromatic ring is 1. The second kappa shape index (κ2) is 9.03. The first-order chi connectivity index (χ1) is 15.5. The van der Waals surface area contributed by atoms with Crippen molar-refractivity contribution in [2.45, 2.75) is 19.5 Å². The van der Waals surface area contributed by atoms with Gasteiger partial charge in [-0.15, -0.1) is 0 Å². The number of pyridine rings is 1. The molecule has 0 aliphatic carbocycles. The van der Waals surface area contributed by atoms with Crippen LogP contribution in [0, 0.1) is 0 Å². The third-order valence-corrected chi connectivity index (χ3v) is 5.58. The highest BCUT2D eigenvalue weighted by Crippen LogP contribution is 2.33. The van der Waals surface area contributed by atoms with E-state index in [0.29, 0.717) is 12.2 Å². The number of hydrogen-bond donors (Lipinski definition) is 3. The van der Waals surface area contributed by atoms with E-state index >= 15 is 0 Å². The van der Waals surface area contributed by atoms with Crippen LogP contribution in [0.4, 0.5) is 17.1 Å². The van der Waals surface area contributed by atoms with Gasteiger partial charge in [-0.25, -0.2) is 0 Å². The molecular formula is C25H24N4O3. The van der Waals surface area contributed by atoms with E-state index in [-0.39, 0.29) is 17.4 Å². The van der Waals surface area contributed by atoms with Gasteiger partial charge < -0.3 is 21.1 Å². The van der Waals surface area contributed by atoms with Gasteiger partial charge in [0.15, 0.2) is 0 Å². The van der Waals surface area contributed by atoms with Crippen LogP contribution in [0.2, 0.25) is 0 Å². The van der Waals surface area contributed by atoms with E-state index in [9.17, 15) is 9.59 Å². The largest absolute Gasteiger partial charge is 0.497 e. The molecule has 0 aliphatic rings. The van der Waals surface area contributed by atoms with Crippen LogP contribution in [0.1, 0.15) is 24.1 Å². The average molecular weight is 428 g/mol. The molecule has 7 nitrogen and oxygen atoms in total. The van der Waals surface area contributed by atoms with Crippen molar-refractivity contribution in [3.8, 4) is 16.9 Å². The highest BCUT2D eigenvalue weighted by atomic mass is 16.5. The van der Waals surface area contributed by atoms with Crippen molar-refractivity contribution in [2.75, 3.05) is 18.2 Å². The number of nitrogens with zero attached hydrogens (tertiary/aromatic N) is 1. The molecule has 0 fully saturated rings. The van der Waals surface area contributed by atoms with Crippen LogP contribution in [0.25, 0.3) is 11.1 Å². The molecule has 1 unspecified atom stereocenters. The van der Waals surface area contributed by atoms with Crippen molar-refractivity contribution in [2.24, 2.45) is 0 Å². The van der Waals surface area contributed by atoms with Gasteiger partial charge in [0.25, 0.3) is 10.9 Å². The molecule has 0 saturated heterocycles. The van der Waals surface area contributed by atoms with Crippen LogP contribution in [-0.4, -0.2) is 12.1 Å². The van der Waals surface area contributed by atoms with E-state index in [2.05, 4.69) is 22.5 Å². The van der Waals surface area contributed by atoms with Crippen molar-refractivity contribution in [3.05, 3.63) is 98.6 Å². The van der Waals surface area contributed by atoms with E-state index in [4.69, 9.17) is 10.5 Å². The number of rotatable bonds is 8. The van der Waals surface area contributed by atoms with E-state index in [1.165, 1.54) is 0 Å². The summed E-state index contributed by atoms with van der Waals surface area (Å²) in [7, 11) is 1.63. The molecule has 4 N–H and O–H groups in total. The summed E-state index contributed by atoms with van der Waals surface area (Å²) in [4.78, 5) is 27.6. The van der Waals surface area contributed by atoms with Crippen LogP contribution in [0.3, 0.4) is 0 Å². The lowest BCUT2D eigenvalue weighted by Crippen LogP contribution is -2.36. The Labute approximate surface area is 185 Å². The van der Waals surface area contributed by atoms with E-state index in [1.807, 2.05) is 54.6 Å². The van der Waals surface area contributed by atoms with Crippen molar-refractivity contribution >= 4 is 17.1 Å². The van der Waals surface area contributed by atoms with Gasteiger partial charge in [-0.1, -0.05) is 24.3 Å². The minimum Gasteiger partial charge on any atom is -0.497 e. The molecule has 1 heterocycles. The first-order valence-corrected chi connectivity index (χ1v) is 10.2. The summed E-state index contributed by atoms with van der Waals surface area (Å²) >= 11 is 0. The lowest BCUT2D eigenvalue weighted by molar-refractivity contribution is 0.415. The molecule has 1 atom stereocenters. The fraction of sp³-hybridized carbons (Fsp3) is 0.160. The van der Waals surface area contributed by atoms with Crippen LogP contribution in [-0.2, 0) is 6.54 Å². The van der Waals surface area contributed by atoms with Crippen molar-refractivity contribution in [1.82, 2.24) is 10.3 Å². The van der Waals surface area contributed by atoms with Crippen molar-refractivity contribution in [3.63, 3.8) is 0 Å². The molecule has 7 heteroatoms. The number of anilines is 3. The molecule has 4 aromatic rings. The number of hydrogen-bond acceptors (Lipinski definition) is 7. The predicted octanol–water partition coefficient (Wildman–Crippen LogP) is 3.53. The Morgan fingerprint density at radius 3 is 2.38 bits per heavy atom. The Balaban J connectivity index is 1.70. The topological polar surface area (TPSA) is 106 Å². The molecule has 0 amide bonds. The van der Waals surface area contributed by atoms with Crippen LogP contribution in [0.5, 0.6) is 5.75 Å². The van der Waals surface area contributed by atoms with Gasteiger partial charge in [-0.2, -0.15) is 0 Å². The molecule has 0 bridgehead atoms. The molecule has 4 rings (SSSR count). The first-order valence-electron chi connectivity index (χ1n) is 10.2. The summed E-state index contributed by atoms with van der Waals surface area (Å²) in [5.41, 5.74) is 9.38. The van der Waals surface area contributed by atoms with E-state index < -0.39 is 10.9 Å². The molecule has 162 valence electrons. The number of benzene rings is 2. The maximum absolute atomic E-state index is 12.0. The van der Waals surface area contributed by atoms with Crippen LogP contribution >= 0.6 is 0 Å². The molecule has 3 aromatic carbocycles. The monoisotopic (exact) mass is 428 g/mol. The predicted molar refractivity (Wildman–Crippen MR) is 127 cm³/mol. The highest BCUT2D eigenvalue weighted by molar-refractivity contribution is 5.81. The van der Waals surface area contributed by atoms with Crippen molar-refractivity contribution in [1.29, 1.82) is 0 Å². The van der Waals surface area contributed by atoms with Gasteiger partial charge in [0.1, 0.15) is 17.1 Å². The molecule has 0 saturated carbocycles. The minimum absolute atomic E-state index is 0.0334. The summed E-state index contributed by atoms with van der Waals surface area (Å²) in [5, 5.41) is 6.62. The number of methoxy groups -OCH3 is 1. The second-order valence-electron chi connectivity index (χ2n) is 7.52. The van der Waals surface area contributed by atoms with E-state index in [0.717, 1.165) is 28.0 Å². The smallest absolute Gasteiger partial charge is 0.253 e. The Bertz CT molecular complexity index is 1290. The molecule has 1 aromatic heterocycles. The van der Waals surface area contributed by atoms with Gasteiger partial charge in [-0.3, -0.25) is 14.6 Å². The zero-order valence-corrected chi connectivity index (χ0v) is 17.9. The summed E-state index contributed by atoms with van der Waals surface area (Å²) in [6.07, 6.45) is 3.53. The fourth-order valence-corrected chi connectivity index (χ4v) is 3.63. The Morgan fingerprint density at radius 1 is 1.00 bits per heavy atom. The summed E-state index contributed by atoms with van der Waals surface area (Å²) in [5.74, 6) is 0.769. The van der Waals surface area contributed by atoms with Gasteiger partial charge >= 0.3 is 0 Å². The third kappa shape index (κ3) is 4.10. The number of nitrogens with two attached hydrogens (primary N) is 1.